The van der Waals surface area contributed by atoms with Crippen LogP contribution in [0.3, 0.4) is 0 Å². The maximum Gasteiger partial charge on any atom is 0.272 e. The lowest BCUT2D eigenvalue weighted by Crippen LogP contribution is -2.41. The smallest absolute Gasteiger partial charge is 0.272 e. The van der Waals surface area contributed by atoms with Gasteiger partial charge in [0.25, 0.3) is 12.3 Å². The first-order chi connectivity index (χ1) is 12.5. The summed E-state index contributed by atoms with van der Waals surface area (Å²) in [6.07, 6.45) is 1.81. The van der Waals surface area contributed by atoms with Gasteiger partial charge in [-0.05, 0) is 31.7 Å². The van der Waals surface area contributed by atoms with Crippen LogP contribution < -0.4 is 10.1 Å². The summed E-state index contributed by atoms with van der Waals surface area (Å²) in [6.45, 7) is 0.958. The number of nitrogens with zero attached hydrogens (tertiary/aromatic N) is 1. The van der Waals surface area contributed by atoms with Crippen molar-refractivity contribution < 1.29 is 28.2 Å². The summed E-state index contributed by atoms with van der Waals surface area (Å²) in [5.41, 5.74) is 0.207. The second-order valence-corrected chi connectivity index (χ2v) is 7.01. The van der Waals surface area contributed by atoms with E-state index in [9.17, 15) is 18.7 Å². The van der Waals surface area contributed by atoms with Crippen LogP contribution in [0.1, 0.15) is 36.0 Å². The summed E-state index contributed by atoms with van der Waals surface area (Å²) >= 11 is 0. The molecule has 1 aromatic rings. The fourth-order valence-electron chi connectivity index (χ4n) is 3.92. The van der Waals surface area contributed by atoms with Gasteiger partial charge < -0.3 is 19.9 Å². The van der Waals surface area contributed by atoms with Crippen molar-refractivity contribution in [3.63, 3.8) is 0 Å². The van der Waals surface area contributed by atoms with Gasteiger partial charge in [-0.25, -0.2) is 13.8 Å². The summed E-state index contributed by atoms with van der Waals surface area (Å²) in [5, 5.41) is 13.5. The SMILES string of the molecule is O=C(NC[C@@H]1CCC2(CCOCC2)[C@H]1O)c1ccnc(OCC(F)F)c1. The lowest BCUT2D eigenvalue weighted by Gasteiger charge is -2.37. The van der Waals surface area contributed by atoms with Crippen molar-refractivity contribution in [3.8, 4) is 5.88 Å². The highest BCUT2D eigenvalue weighted by molar-refractivity contribution is 5.94. The van der Waals surface area contributed by atoms with E-state index in [2.05, 4.69) is 10.3 Å². The molecular weight excluding hydrogens is 346 g/mol. The summed E-state index contributed by atoms with van der Waals surface area (Å²) in [4.78, 5) is 16.1. The van der Waals surface area contributed by atoms with E-state index in [1.807, 2.05) is 0 Å². The number of aliphatic hydroxyl groups is 1. The van der Waals surface area contributed by atoms with Gasteiger partial charge in [-0.2, -0.15) is 0 Å². The van der Waals surface area contributed by atoms with E-state index in [1.165, 1.54) is 18.3 Å². The van der Waals surface area contributed by atoms with Gasteiger partial charge in [-0.3, -0.25) is 4.79 Å². The number of hydrogen-bond donors (Lipinski definition) is 2. The van der Waals surface area contributed by atoms with E-state index in [1.54, 1.807) is 0 Å². The first-order valence-corrected chi connectivity index (χ1v) is 8.91. The summed E-state index contributed by atoms with van der Waals surface area (Å²) in [7, 11) is 0. The molecule has 3 rings (SSSR count). The van der Waals surface area contributed by atoms with Crippen molar-refractivity contribution in [2.75, 3.05) is 26.4 Å². The molecule has 1 saturated heterocycles. The van der Waals surface area contributed by atoms with Gasteiger partial charge in [0.15, 0.2) is 6.61 Å². The largest absolute Gasteiger partial charge is 0.472 e. The molecule has 144 valence electrons. The fourth-order valence-corrected chi connectivity index (χ4v) is 3.92. The highest BCUT2D eigenvalue weighted by Crippen LogP contribution is 2.48. The number of aliphatic hydroxyl groups excluding tert-OH is 1. The predicted octanol–water partition coefficient (Wildman–Crippen LogP) is 2.02. The second-order valence-electron chi connectivity index (χ2n) is 7.01. The average molecular weight is 370 g/mol. The number of hydrogen-bond acceptors (Lipinski definition) is 5. The van der Waals surface area contributed by atoms with E-state index in [0.29, 0.717) is 19.8 Å². The van der Waals surface area contributed by atoms with E-state index >= 15 is 0 Å². The summed E-state index contributed by atoms with van der Waals surface area (Å²) in [6, 6.07) is 2.83. The van der Waals surface area contributed by atoms with Gasteiger partial charge in [-0.15, -0.1) is 0 Å². The topological polar surface area (TPSA) is 80.7 Å². The number of ether oxygens (including phenoxy) is 2. The number of carbonyl (C=O) groups is 1. The number of alkyl halides is 2. The molecule has 1 aliphatic carbocycles. The van der Waals surface area contributed by atoms with Crippen LogP contribution in [0.15, 0.2) is 18.3 Å². The Morgan fingerprint density at radius 3 is 2.92 bits per heavy atom. The number of carbonyl (C=O) groups excluding carboxylic acids is 1. The Morgan fingerprint density at radius 1 is 1.42 bits per heavy atom. The maximum absolute atomic E-state index is 12.3. The molecule has 1 amide bonds. The van der Waals surface area contributed by atoms with Crippen LogP contribution in [0.5, 0.6) is 5.88 Å². The number of pyridine rings is 1. The molecule has 26 heavy (non-hydrogen) atoms. The van der Waals surface area contributed by atoms with E-state index < -0.39 is 19.1 Å². The van der Waals surface area contributed by atoms with Crippen molar-refractivity contribution in [1.82, 2.24) is 10.3 Å². The van der Waals surface area contributed by atoms with Gasteiger partial charge in [0.2, 0.25) is 5.88 Å². The van der Waals surface area contributed by atoms with E-state index in [4.69, 9.17) is 9.47 Å². The predicted molar refractivity (Wildman–Crippen MR) is 89.3 cm³/mol. The van der Waals surface area contributed by atoms with Crippen molar-refractivity contribution in [2.24, 2.45) is 11.3 Å². The first-order valence-electron chi connectivity index (χ1n) is 8.91. The zero-order chi connectivity index (χ0) is 18.6. The quantitative estimate of drug-likeness (QED) is 0.801. The zero-order valence-corrected chi connectivity index (χ0v) is 14.5. The molecule has 8 heteroatoms. The third-order valence-corrected chi connectivity index (χ3v) is 5.45. The number of rotatable bonds is 6. The third-order valence-electron chi connectivity index (χ3n) is 5.45. The zero-order valence-electron chi connectivity index (χ0n) is 14.5. The molecular formula is C18H24F2N2O4. The number of halogens is 2. The molecule has 2 N–H and O–H groups in total. The fraction of sp³-hybridized carbons (Fsp3) is 0.667. The first kappa shape index (κ1) is 19.0. The molecule has 6 nitrogen and oxygen atoms in total. The number of amides is 1. The Hall–Kier alpha value is -1.80. The average Bonchev–Trinajstić information content (AvgIpc) is 2.94. The minimum Gasteiger partial charge on any atom is -0.472 e. The second kappa shape index (κ2) is 8.26. The molecule has 1 aromatic heterocycles. The molecule has 0 radical (unpaired) electrons. The minimum atomic E-state index is -2.60. The van der Waals surface area contributed by atoms with Crippen molar-refractivity contribution in [1.29, 1.82) is 0 Å². The van der Waals surface area contributed by atoms with Crippen LogP contribution in [-0.2, 0) is 4.74 Å². The lowest BCUT2D eigenvalue weighted by molar-refractivity contribution is -0.0555. The van der Waals surface area contributed by atoms with Crippen LogP contribution in [0, 0.1) is 11.3 Å². The van der Waals surface area contributed by atoms with Crippen LogP contribution in [0.25, 0.3) is 0 Å². The number of nitrogens with one attached hydrogen (secondary N) is 1. The minimum absolute atomic E-state index is 0.00782. The molecule has 1 spiro atoms. The summed E-state index contributed by atoms with van der Waals surface area (Å²) in [5.74, 6) is -0.345. The van der Waals surface area contributed by atoms with Gasteiger partial charge in [0, 0.05) is 48.9 Å². The molecule has 1 saturated carbocycles. The van der Waals surface area contributed by atoms with Crippen molar-refractivity contribution in [3.05, 3.63) is 23.9 Å². The number of aromatic nitrogens is 1. The Balaban J connectivity index is 1.53. The van der Waals surface area contributed by atoms with Gasteiger partial charge in [-0.1, -0.05) is 0 Å². The highest BCUT2D eigenvalue weighted by atomic mass is 19.3. The highest BCUT2D eigenvalue weighted by Gasteiger charge is 2.48. The summed E-state index contributed by atoms with van der Waals surface area (Å²) < 4.78 is 34.6. The Kier molecular flexibility index (Phi) is 6.03. The maximum atomic E-state index is 12.3. The molecule has 1 aliphatic heterocycles. The van der Waals surface area contributed by atoms with Crippen LogP contribution >= 0.6 is 0 Å². The van der Waals surface area contributed by atoms with Gasteiger partial charge in [0.05, 0.1) is 6.10 Å². The molecule has 2 fully saturated rings. The van der Waals surface area contributed by atoms with Crippen LogP contribution in [0.2, 0.25) is 0 Å². The Bertz CT molecular complexity index is 623. The van der Waals surface area contributed by atoms with Gasteiger partial charge in [0.1, 0.15) is 0 Å². The molecule has 0 bridgehead atoms. The molecule has 2 atom stereocenters. The monoisotopic (exact) mass is 370 g/mol. The van der Waals surface area contributed by atoms with E-state index in [-0.39, 0.29) is 28.7 Å². The molecule has 2 aliphatic rings. The molecule has 0 aromatic carbocycles. The Labute approximate surface area is 150 Å². The third kappa shape index (κ3) is 4.29. The standard InChI is InChI=1S/C18H24F2N2O4/c19-14(20)11-26-15-9-12(2-6-21-15)17(24)22-10-13-1-3-18(16(13)23)4-7-25-8-5-18/h2,6,9,13-14,16,23H,1,3-5,7-8,10-11H2,(H,22,24)/t13-,16-/m0/s1. The van der Waals surface area contributed by atoms with Gasteiger partial charge >= 0.3 is 0 Å². The van der Waals surface area contributed by atoms with Crippen LogP contribution in [-0.4, -0.2) is 54.9 Å². The van der Waals surface area contributed by atoms with E-state index in [0.717, 1.165) is 25.7 Å². The molecule has 0 unspecified atom stereocenters. The normalized spacial score (nSPS) is 24.8. The molecule has 2 heterocycles. The van der Waals surface area contributed by atoms with Crippen LogP contribution in [0.4, 0.5) is 8.78 Å². The lowest BCUT2D eigenvalue weighted by atomic mass is 9.76. The van der Waals surface area contributed by atoms with Crippen molar-refractivity contribution >= 4 is 5.91 Å². The Morgan fingerprint density at radius 2 is 2.19 bits per heavy atom. The van der Waals surface area contributed by atoms with Crippen molar-refractivity contribution in [2.45, 2.75) is 38.2 Å².